The van der Waals surface area contributed by atoms with Gasteiger partial charge in [-0.1, -0.05) is 0 Å². The molecule has 0 spiro atoms. The molecule has 1 N–H and O–H groups in total. The molecule has 26 heavy (non-hydrogen) atoms. The summed E-state index contributed by atoms with van der Waals surface area (Å²) in [5, 5.41) is 6.26. The normalized spacial score (nSPS) is 10.6. The second-order valence-corrected chi connectivity index (χ2v) is 6.80. The summed E-state index contributed by atoms with van der Waals surface area (Å²) in [5.74, 6) is 0.691. The topological polar surface area (TPSA) is 58.4 Å². The quantitative estimate of drug-likeness (QED) is 0.514. The zero-order valence-corrected chi connectivity index (χ0v) is 17.2. The Labute approximate surface area is 166 Å². The monoisotopic (exact) mass is 430 g/mol. The molecule has 0 atom stereocenters. The standard InChI is InChI=1S/C18H18N6S.BrH/c1-12-16(24-10-4-9-19-17(24)20-12)15-11-25-18(22-15)21-13-5-7-14(8-6-13)23(2)3;/h4-11H,1-3H3,(H,21,22);1H. The fraction of sp³-hybridized carbons (Fsp3) is 0.167. The van der Waals surface area contributed by atoms with Gasteiger partial charge in [0.2, 0.25) is 5.78 Å². The predicted molar refractivity (Wildman–Crippen MR) is 113 cm³/mol. The highest BCUT2D eigenvalue weighted by Crippen LogP contribution is 2.29. The van der Waals surface area contributed by atoms with Gasteiger partial charge in [-0.15, -0.1) is 28.3 Å². The van der Waals surface area contributed by atoms with Crippen molar-refractivity contribution in [2.24, 2.45) is 0 Å². The van der Waals surface area contributed by atoms with Gasteiger partial charge in [0.1, 0.15) is 5.69 Å². The van der Waals surface area contributed by atoms with Gasteiger partial charge in [0, 0.05) is 43.2 Å². The molecule has 3 aromatic heterocycles. The first-order chi connectivity index (χ1) is 12.1. The van der Waals surface area contributed by atoms with Crippen LogP contribution in [0.2, 0.25) is 0 Å². The summed E-state index contributed by atoms with van der Waals surface area (Å²) in [6.45, 7) is 1.98. The van der Waals surface area contributed by atoms with Crippen LogP contribution in [0.15, 0.2) is 48.1 Å². The van der Waals surface area contributed by atoms with Gasteiger partial charge in [-0.3, -0.25) is 4.40 Å². The van der Waals surface area contributed by atoms with Crippen molar-refractivity contribution in [3.8, 4) is 11.4 Å². The van der Waals surface area contributed by atoms with E-state index in [1.807, 2.05) is 43.1 Å². The highest BCUT2D eigenvalue weighted by molar-refractivity contribution is 8.93. The van der Waals surface area contributed by atoms with E-state index in [0.29, 0.717) is 5.78 Å². The van der Waals surface area contributed by atoms with Crippen molar-refractivity contribution >= 4 is 50.6 Å². The minimum atomic E-state index is 0. The number of anilines is 3. The van der Waals surface area contributed by atoms with Gasteiger partial charge >= 0.3 is 0 Å². The van der Waals surface area contributed by atoms with Gasteiger partial charge < -0.3 is 10.2 Å². The molecule has 4 rings (SSSR count). The Morgan fingerprint density at radius 1 is 1.12 bits per heavy atom. The van der Waals surface area contributed by atoms with E-state index in [-0.39, 0.29) is 17.0 Å². The van der Waals surface area contributed by atoms with E-state index < -0.39 is 0 Å². The first kappa shape index (κ1) is 18.3. The van der Waals surface area contributed by atoms with Gasteiger partial charge in [-0.2, -0.15) is 0 Å². The van der Waals surface area contributed by atoms with Crippen molar-refractivity contribution < 1.29 is 0 Å². The van der Waals surface area contributed by atoms with Crippen LogP contribution in [0.1, 0.15) is 5.69 Å². The second kappa shape index (κ2) is 7.43. The Hall–Kier alpha value is -2.45. The average Bonchev–Trinajstić information content (AvgIpc) is 3.18. The van der Waals surface area contributed by atoms with E-state index in [0.717, 1.165) is 27.9 Å². The Morgan fingerprint density at radius 3 is 2.62 bits per heavy atom. The molecule has 0 aliphatic heterocycles. The third kappa shape index (κ3) is 3.42. The minimum absolute atomic E-state index is 0. The van der Waals surface area contributed by atoms with Crippen molar-refractivity contribution in [1.82, 2.24) is 19.4 Å². The van der Waals surface area contributed by atoms with Crippen LogP contribution in [-0.4, -0.2) is 33.4 Å². The van der Waals surface area contributed by atoms with E-state index in [1.165, 1.54) is 5.69 Å². The first-order valence-corrected chi connectivity index (χ1v) is 8.80. The number of rotatable bonds is 4. The highest BCUT2D eigenvalue weighted by atomic mass is 79.9. The van der Waals surface area contributed by atoms with Crippen molar-refractivity contribution in [2.45, 2.75) is 6.92 Å². The lowest BCUT2D eigenvalue weighted by atomic mass is 10.2. The fourth-order valence-corrected chi connectivity index (χ4v) is 3.43. The number of fused-ring (bicyclic) bond motifs is 1. The summed E-state index contributed by atoms with van der Waals surface area (Å²) in [7, 11) is 4.06. The van der Waals surface area contributed by atoms with Crippen LogP contribution in [0.4, 0.5) is 16.5 Å². The molecular formula is C18H19BrN6S. The Bertz CT molecular complexity index is 1020. The van der Waals surface area contributed by atoms with Crippen LogP contribution < -0.4 is 10.2 Å². The SMILES string of the molecule is Br.Cc1nc2ncccn2c1-c1csc(Nc2ccc(N(C)C)cc2)n1. The number of nitrogens with zero attached hydrogens (tertiary/aromatic N) is 5. The maximum atomic E-state index is 4.72. The number of imidazole rings is 1. The van der Waals surface area contributed by atoms with Gasteiger partial charge in [0.15, 0.2) is 5.13 Å². The molecule has 0 saturated carbocycles. The zero-order chi connectivity index (χ0) is 17.4. The number of hydrogen-bond donors (Lipinski definition) is 1. The van der Waals surface area contributed by atoms with Gasteiger partial charge in [-0.05, 0) is 37.3 Å². The molecule has 0 unspecified atom stereocenters. The Morgan fingerprint density at radius 2 is 1.88 bits per heavy atom. The van der Waals surface area contributed by atoms with Crippen LogP contribution in [0, 0.1) is 6.92 Å². The van der Waals surface area contributed by atoms with Crippen LogP contribution in [-0.2, 0) is 0 Å². The first-order valence-electron chi connectivity index (χ1n) is 7.92. The van der Waals surface area contributed by atoms with E-state index in [9.17, 15) is 0 Å². The molecule has 0 aliphatic rings. The number of nitrogens with one attached hydrogen (secondary N) is 1. The molecule has 0 aliphatic carbocycles. The zero-order valence-electron chi connectivity index (χ0n) is 14.7. The van der Waals surface area contributed by atoms with E-state index in [2.05, 4.69) is 44.5 Å². The summed E-state index contributed by atoms with van der Waals surface area (Å²) < 4.78 is 1.97. The lowest BCUT2D eigenvalue weighted by Gasteiger charge is -2.12. The summed E-state index contributed by atoms with van der Waals surface area (Å²) >= 11 is 1.58. The molecule has 4 aromatic rings. The van der Waals surface area contributed by atoms with E-state index >= 15 is 0 Å². The summed E-state index contributed by atoms with van der Waals surface area (Å²) in [6, 6.07) is 10.2. The van der Waals surface area contributed by atoms with Gasteiger partial charge in [0.05, 0.1) is 11.4 Å². The lowest BCUT2D eigenvalue weighted by molar-refractivity contribution is 1.11. The van der Waals surface area contributed by atoms with Gasteiger partial charge in [0.25, 0.3) is 0 Å². The van der Waals surface area contributed by atoms with E-state index in [4.69, 9.17) is 4.98 Å². The number of aryl methyl sites for hydroxylation is 1. The van der Waals surface area contributed by atoms with Crippen LogP contribution in [0.5, 0.6) is 0 Å². The molecule has 8 heteroatoms. The molecule has 0 fully saturated rings. The molecular weight excluding hydrogens is 412 g/mol. The number of aromatic nitrogens is 4. The predicted octanol–water partition coefficient (Wildman–Crippen LogP) is 4.55. The second-order valence-electron chi connectivity index (χ2n) is 5.94. The molecule has 0 saturated heterocycles. The van der Waals surface area contributed by atoms with Crippen LogP contribution in [0.3, 0.4) is 0 Å². The Balaban J connectivity index is 0.00000196. The molecule has 3 heterocycles. The number of thiazole rings is 1. The minimum Gasteiger partial charge on any atom is -0.378 e. The number of hydrogen-bond acceptors (Lipinski definition) is 6. The van der Waals surface area contributed by atoms with Crippen molar-refractivity contribution in [3.63, 3.8) is 0 Å². The average molecular weight is 431 g/mol. The third-order valence-electron chi connectivity index (χ3n) is 3.96. The number of benzene rings is 1. The van der Waals surface area contributed by atoms with Crippen LogP contribution in [0.25, 0.3) is 17.2 Å². The van der Waals surface area contributed by atoms with Crippen LogP contribution >= 0.6 is 28.3 Å². The summed E-state index contributed by atoms with van der Waals surface area (Å²) in [5.41, 5.74) is 4.99. The molecule has 0 bridgehead atoms. The lowest BCUT2D eigenvalue weighted by Crippen LogP contribution is -2.08. The fourth-order valence-electron chi connectivity index (χ4n) is 2.71. The summed E-state index contributed by atoms with van der Waals surface area (Å²) in [4.78, 5) is 15.6. The van der Waals surface area contributed by atoms with Gasteiger partial charge in [-0.25, -0.2) is 15.0 Å². The highest BCUT2D eigenvalue weighted by Gasteiger charge is 2.14. The maximum Gasteiger partial charge on any atom is 0.234 e. The molecule has 1 aromatic carbocycles. The molecule has 6 nitrogen and oxygen atoms in total. The maximum absolute atomic E-state index is 4.72. The van der Waals surface area contributed by atoms with Crippen molar-refractivity contribution in [1.29, 1.82) is 0 Å². The number of halogens is 1. The molecule has 0 amide bonds. The third-order valence-corrected chi connectivity index (χ3v) is 4.72. The van der Waals surface area contributed by atoms with E-state index in [1.54, 1.807) is 17.5 Å². The largest absolute Gasteiger partial charge is 0.378 e. The van der Waals surface area contributed by atoms with Crippen molar-refractivity contribution in [3.05, 3.63) is 53.8 Å². The smallest absolute Gasteiger partial charge is 0.234 e. The summed E-state index contributed by atoms with van der Waals surface area (Å²) in [6.07, 6.45) is 3.71. The van der Waals surface area contributed by atoms with Crippen molar-refractivity contribution in [2.75, 3.05) is 24.3 Å². The molecule has 134 valence electrons. The Kier molecular flexibility index (Phi) is 5.24. The molecule has 0 radical (unpaired) electrons.